The molecule has 0 N–H and O–H groups in total. The van der Waals surface area contributed by atoms with E-state index >= 15 is 0 Å². The van der Waals surface area contributed by atoms with Crippen LogP contribution in [0.15, 0.2) is 65.5 Å². The lowest BCUT2D eigenvalue weighted by Gasteiger charge is -2.18. The molecule has 0 fully saturated rings. The average molecular weight is 353 g/mol. The maximum atomic E-state index is 13.4. The maximum Gasteiger partial charge on any atom is 0.268 e. The lowest BCUT2D eigenvalue weighted by molar-refractivity contribution is 0.240. The molecule has 0 bridgehead atoms. The van der Waals surface area contributed by atoms with Crippen molar-refractivity contribution in [1.29, 1.82) is 0 Å². The molecular weight excluding hydrogens is 333 g/mol. The summed E-state index contributed by atoms with van der Waals surface area (Å²) < 4.78 is 20.0. The Balaban J connectivity index is 1.85. The number of benzene rings is 2. The van der Waals surface area contributed by atoms with Crippen molar-refractivity contribution >= 4 is 0 Å². The Morgan fingerprint density at radius 3 is 2.62 bits per heavy atom. The van der Waals surface area contributed by atoms with E-state index in [0.717, 1.165) is 5.56 Å². The minimum absolute atomic E-state index is 0.199. The average Bonchev–Trinajstić information content (AvgIpc) is 2.64. The molecule has 3 rings (SSSR count). The highest BCUT2D eigenvalue weighted by molar-refractivity contribution is 5.66. The molecule has 0 radical (unpaired) electrons. The van der Waals surface area contributed by atoms with Gasteiger partial charge in [0, 0.05) is 24.2 Å². The molecule has 0 aliphatic carbocycles. The van der Waals surface area contributed by atoms with Crippen LogP contribution in [0.5, 0.6) is 5.75 Å². The molecule has 0 aliphatic rings. The van der Waals surface area contributed by atoms with Crippen LogP contribution in [0.3, 0.4) is 0 Å². The molecule has 0 aliphatic heterocycles. The molecule has 3 aromatic rings. The van der Waals surface area contributed by atoms with Gasteiger partial charge in [-0.2, -0.15) is 5.10 Å². The topological polar surface area (TPSA) is 47.4 Å². The second-order valence-corrected chi connectivity index (χ2v) is 6.04. The number of rotatable bonds is 6. The van der Waals surface area contributed by atoms with E-state index in [-0.39, 0.29) is 11.4 Å². The fraction of sp³-hybridized carbons (Fsp3) is 0.200. The third-order valence-electron chi connectivity index (χ3n) is 3.98. The summed E-state index contributed by atoms with van der Waals surface area (Å²) in [5.74, 6) is -0.0122. The molecule has 0 unspecified atom stereocenters. The summed E-state index contributed by atoms with van der Waals surface area (Å²) in [6, 6.07) is 17.3. The van der Waals surface area contributed by atoms with Crippen LogP contribution in [-0.2, 0) is 13.2 Å². The van der Waals surface area contributed by atoms with Gasteiger partial charge in [-0.25, -0.2) is 9.07 Å². The minimum atomic E-state index is -0.387. The Kier molecular flexibility index (Phi) is 5.43. The standard InChI is InChI=1S/C20H20FN3O2/c1-23(13-15-6-4-3-5-7-15)14-24-20(25)11-10-18(22-24)17-9-8-16(21)12-19(17)26-2/h3-12H,13-14H2,1-2H3. The Bertz CT molecular complexity index is 941. The van der Waals surface area contributed by atoms with Crippen LogP contribution in [0.25, 0.3) is 11.3 Å². The molecule has 0 spiro atoms. The quantitative estimate of drug-likeness (QED) is 0.683. The van der Waals surface area contributed by atoms with E-state index in [1.807, 2.05) is 42.3 Å². The first-order chi connectivity index (χ1) is 12.6. The number of methoxy groups -OCH3 is 1. The van der Waals surface area contributed by atoms with Crippen molar-refractivity contribution in [2.45, 2.75) is 13.2 Å². The second kappa shape index (κ2) is 7.93. The zero-order valence-electron chi connectivity index (χ0n) is 14.7. The molecule has 134 valence electrons. The van der Waals surface area contributed by atoms with Gasteiger partial charge in [-0.3, -0.25) is 9.69 Å². The van der Waals surface area contributed by atoms with Crippen LogP contribution >= 0.6 is 0 Å². The number of hydrogen-bond donors (Lipinski definition) is 0. The molecule has 6 heteroatoms. The van der Waals surface area contributed by atoms with E-state index < -0.39 is 0 Å². The monoisotopic (exact) mass is 353 g/mol. The van der Waals surface area contributed by atoms with E-state index in [9.17, 15) is 9.18 Å². The van der Waals surface area contributed by atoms with Gasteiger partial charge in [0.1, 0.15) is 11.6 Å². The number of halogens is 1. The predicted molar refractivity (Wildman–Crippen MR) is 98.4 cm³/mol. The summed E-state index contributed by atoms with van der Waals surface area (Å²) in [6.07, 6.45) is 0. The van der Waals surface area contributed by atoms with Gasteiger partial charge < -0.3 is 4.74 Å². The number of ether oxygens (including phenoxy) is 1. The normalized spacial score (nSPS) is 10.9. The molecular formula is C20H20FN3O2. The van der Waals surface area contributed by atoms with E-state index in [1.165, 1.54) is 30.0 Å². The van der Waals surface area contributed by atoms with E-state index in [0.29, 0.717) is 30.2 Å². The van der Waals surface area contributed by atoms with Gasteiger partial charge in [0.25, 0.3) is 5.56 Å². The molecule has 26 heavy (non-hydrogen) atoms. The van der Waals surface area contributed by atoms with Crippen molar-refractivity contribution in [2.24, 2.45) is 0 Å². The fourth-order valence-corrected chi connectivity index (χ4v) is 2.74. The smallest absolute Gasteiger partial charge is 0.268 e. The van der Waals surface area contributed by atoms with Crippen molar-refractivity contribution < 1.29 is 9.13 Å². The summed E-state index contributed by atoms with van der Waals surface area (Å²) in [5.41, 5.74) is 2.14. The van der Waals surface area contributed by atoms with Gasteiger partial charge in [-0.1, -0.05) is 30.3 Å². The van der Waals surface area contributed by atoms with Crippen LogP contribution in [0.4, 0.5) is 4.39 Å². The van der Waals surface area contributed by atoms with E-state index in [1.54, 1.807) is 12.1 Å². The zero-order chi connectivity index (χ0) is 18.5. The summed E-state index contributed by atoms with van der Waals surface area (Å²) in [4.78, 5) is 14.2. The minimum Gasteiger partial charge on any atom is -0.496 e. The first kappa shape index (κ1) is 17.8. The Hall–Kier alpha value is -2.99. The van der Waals surface area contributed by atoms with Gasteiger partial charge in [0.05, 0.1) is 19.5 Å². The van der Waals surface area contributed by atoms with E-state index in [2.05, 4.69) is 5.10 Å². The highest BCUT2D eigenvalue weighted by atomic mass is 19.1. The second-order valence-electron chi connectivity index (χ2n) is 6.04. The lowest BCUT2D eigenvalue weighted by atomic mass is 10.1. The Morgan fingerprint density at radius 2 is 1.88 bits per heavy atom. The predicted octanol–water partition coefficient (Wildman–Crippen LogP) is 3.15. The third kappa shape index (κ3) is 4.15. The molecule has 2 aromatic carbocycles. The highest BCUT2D eigenvalue weighted by Gasteiger charge is 2.11. The Morgan fingerprint density at radius 1 is 1.12 bits per heavy atom. The molecule has 5 nitrogen and oxygen atoms in total. The zero-order valence-corrected chi connectivity index (χ0v) is 14.7. The first-order valence-electron chi connectivity index (χ1n) is 8.21. The van der Waals surface area contributed by atoms with Crippen LogP contribution in [-0.4, -0.2) is 28.8 Å². The molecule has 1 heterocycles. The van der Waals surface area contributed by atoms with Crippen LogP contribution < -0.4 is 10.3 Å². The van der Waals surface area contributed by atoms with Gasteiger partial charge in [-0.05, 0) is 30.8 Å². The van der Waals surface area contributed by atoms with Crippen molar-refractivity contribution in [3.05, 3.63) is 82.4 Å². The molecule has 0 atom stereocenters. The third-order valence-corrected chi connectivity index (χ3v) is 3.98. The molecule has 0 amide bonds. The lowest BCUT2D eigenvalue weighted by Crippen LogP contribution is -2.31. The van der Waals surface area contributed by atoms with Gasteiger partial charge in [0.2, 0.25) is 0 Å². The fourth-order valence-electron chi connectivity index (χ4n) is 2.74. The molecule has 1 aromatic heterocycles. The SMILES string of the molecule is COc1cc(F)ccc1-c1ccc(=O)n(CN(C)Cc2ccccc2)n1. The van der Waals surface area contributed by atoms with Crippen molar-refractivity contribution in [1.82, 2.24) is 14.7 Å². The van der Waals surface area contributed by atoms with E-state index in [4.69, 9.17) is 4.74 Å². The Labute approximate surface area is 151 Å². The number of nitrogens with zero attached hydrogens (tertiary/aromatic N) is 3. The summed E-state index contributed by atoms with van der Waals surface area (Å²) in [5, 5.41) is 4.42. The van der Waals surface area contributed by atoms with Crippen LogP contribution in [0.2, 0.25) is 0 Å². The largest absolute Gasteiger partial charge is 0.496 e. The van der Waals surface area contributed by atoms with Crippen molar-refractivity contribution in [3.63, 3.8) is 0 Å². The number of aromatic nitrogens is 2. The first-order valence-corrected chi connectivity index (χ1v) is 8.21. The van der Waals surface area contributed by atoms with Gasteiger partial charge >= 0.3 is 0 Å². The molecule has 0 saturated carbocycles. The summed E-state index contributed by atoms with van der Waals surface area (Å²) in [7, 11) is 3.40. The van der Waals surface area contributed by atoms with Gasteiger partial charge in [-0.15, -0.1) is 0 Å². The van der Waals surface area contributed by atoms with Crippen LogP contribution in [0, 0.1) is 5.82 Å². The van der Waals surface area contributed by atoms with Gasteiger partial charge in [0.15, 0.2) is 0 Å². The number of hydrogen-bond acceptors (Lipinski definition) is 4. The maximum absolute atomic E-state index is 13.4. The summed E-state index contributed by atoms with van der Waals surface area (Å²) >= 11 is 0. The summed E-state index contributed by atoms with van der Waals surface area (Å²) in [6.45, 7) is 1.03. The highest BCUT2D eigenvalue weighted by Crippen LogP contribution is 2.28. The van der Waals surface area contributed by atoms with Crippen molar-refractivity contribution in [3.8, 4) is 17.0 Å². The van der Waals surface area contributed by atoms with Crippen LogP contribution in [0.1, 0.15) is 5.56 Å². The molecule has 0 saturated heterocycles. The van der Waals surface area contributed by atoms with Crippen molar-refractivity contribution in [2.75, 3.05) is 14.2 Å².